The smallest absolute Gasteiger partial charge is 0.142 e. The largest absolute Gasteiger partial charge is 0.489 e. The molecule has 5 heteroatoms. The highest BCUT2D eigenvalue weighted by molar-refractivity contribution is 5.51. The molecule has 0 aromatic heterocycles. The maximum atomic E-state index is 5.74. The maximum Gasteiger partial charge on any atom is 0.142 e. The van der Waals surface area contributed by atoms with E-state index in [4.69, 9.17) is 31.1 Å². The lowest BCUT2D eigenvalue weighted by Crippen LogP contribution is -2.13. The molecule has 0 unspecified atom stereocenters. The number of terminal acetylenes is 1. The number of hydrogen-bond donors (Lipinski definition) is 1. The summed E-state index contributed by atoms with van der Waals surface area (Å²) in [6.45, 7) is 3.32. The second-order valence-electron chi connectivity index (χ2n) is 3.87. The minimum absolute atomic E-state index is 0.319. The van der Waals surface area contributed by atoms with Gasteiger partial charge in [0, 0.05) is 0 Å². The lowest BCUT2D eigenvalue weighted by Gasteiger charge is -2.09. The third-order valence-corrected chi connectivity index (χ3v) is 2.33. The zero-order valence-corrected chi connectivity index (χ0v) is 11.5. The molecule has 0 aliphatic heterocycles. The van der Waals surface area contributed by atoms with Crippen molar-refractivity contribution in [2.75, 3.05) is 52.0 Å². The van der Waals surface area contributed by atoms with E-state index in [-0.39, 0.29) is 0 Å². The summed E-state index contributed by atoms with van der Waals surface area (Å²) in [6, 6.07) is 7.37. The van der Waals surface area contributed by atoms with Crippen LogP contribution in [-0.2, 0) is 14.2 Å². The van der Waals surface area contributed by atoms with Crippen molar-refractivity contribution in [2.24, 2.45) is 0 Å². The van der Waals surface area contributed by atoms with Gasteiger partial charge >= 0.3 is 0 Å². The Kier molecular flexibility index (Phi) is 9.07. The van der Waals surface area contributed by atoms with Gasteiger partial charge in [-0.1, -0.05) is 18.1 Å². The van der Waals surface area contributed by atoms with Gasteiger partial charge in [-0.3, -0.25) is 0 Å². The van der Waals surface area contributed by atoms with Crippen molar-refractivity contribution < 1.29 is 18.9 Å². The van der Waals surface area contributed by atoms with Gasteiger partial charge in [0.1, 0.15) is 19.0 Å². The van der Waals surface area contributed by atoms with Crippen molar-refractivity contribution >= 4 is 5.69 Å². The first-order chi connectivity index (χ1) is 9.84. The van der Waals surface area contributed by atoms with Gasteiger partial charge in [0.2, 0.25) is 0 Å². The van der Waals surface area contributed by atoms with E-state index < -0.39 is 0 Å². The van der Waals surface area contributed by atoms with Crippen LogP contribution in [0.2, 0.25) is 0 Å². The number of anilines is 1. The molecular formula is C15H21NO4. The maximum absolute atomic E-state index is 5.74. The summed E-state index contributed by atoms with van der Waals surface area (Å²) < 4.78 is 21.2. The van der Waals surface area contributed by atoms with Gasteiger partial charge in [-0.2, -0.15) is 0 Å². The quantitative estimate of drug-likeness (QED) is 0.376. The molecule has 0 aliphatic rings. The molecule has 1 aromatic carbocycles. The normalized spacial score (nSPS) is 10.2. The van der Waals surface area contributed by atoms with Gasteiger partial charge < -0.3 is 24.7 Å². The van der Waals surface area contributed by atoms with Gasteiger partial charge in [-0.25, -0.2) is 0 Å². The predicted octanol–water partition coefficient (Wildman–Crippen LogP) is 1.33. The number of benzene rings is 1. The fraction of sp³-hybridized carbons (Fsp3) is 0.467. The summed E-state index contributed by atoms with van der Waals surface area (Å²) in [5.41, 5.74) is 6.37. The fourth-order valence-corrected chi connectivity index (χ4v) is 1.39. The number of ether oxygens (including phenoxy) is 4. The SMILES string of the molecule is C#CCOCCOCCOCCOc1ccccc1N. The van der Waals surface area contributed by atoms with E-state index in [2.05, 4.69) is 5.92 Å². The Hall–Kier alpha value is -1.74. The van der Waals surface area contributed by atoms with Crippen molar-refractivity contribution in [3.8, 4) is 18.1 Å². The third-order valence-electron chi connectivity index (χ3n) is 2.33. The predicted molar refractivity (Wildman–Crippen MR) is 77.6 cm³/mol. The molecule has 1 rings (SSSR count). The highest BCUT2D eigenvalue weighted by Gasteiger charge is 1.97. The van der Waals surface area contributed by atoms with Gasteiger partial charge in [-0.15, -0.1) is 6.42 Å². The highest BCUT2D eigenvalue weighted by Crippen LogP contribution is 2.19. The van der Waals surface area contributed by atoms with Crippen molar-refractivity contribution in [3.05, 3.63) is 24.3 Å². The molecule has 0 amide bonds. The van der Waals surface area contributed by atoms with E-state index in [0.717, 1.165) is 0 Å². The minimum Gasteiger partial charge on any atom is -0.489 e. The summed E-state index contributed by atoms with van der Waals surface area (Å²) in [6.07, 6.45) is 5.03. The Labute approximate surface area is 120 Å². The van der Waals surface area contributed by atoms with E-state index >= 15 is 0 Å². The second kappa shape index (κ2) is 11.1. The molecule has 1 aromatic rings. The number of para-hydroxylation sites is 2. The molecule has 0 radical (unpaired) electrons. The van der Waals surface area contributed by atoms with Crippen LogP contribution >= 0.6 is 0 Å². The van der Waals surface area contributed by atoms with Crippen LogP contribution < -0.4 is 10.5 Å². The van der Waals surface area contributed by atoms with Crippen LogP contribution in [-0.4, -0.2) is 46.2 Å². The standard InChI is InChI=1S/C15H21NO4/c1-2-7-17-8-9-18-10-11-19-12-13-20-15-6-4-3-5-14(15)16/h1,3-6H,7-13,16H2. The van der Waals surface area contributed by atoms with Crippen molar-refractivity contribution in [1.29, 1.82) is 0 Å². The molecule has 0 saturated carbocycles. The van der Waals surface area contributed by atoms with E-state index in [1.54, 1.807) is 6.07 Å². The van der Waals surface area contributed by atoms with Crippen LogP contribution in [0, 0.1) is 12.3 Å². The van der Waals surface area contributed by atoms with Crippen molar-refractivity contribution in [1.82, 2.24) is 0 Å². The average molecular weight is 279 g/mol. The lowest BCUT2D eigenvalue weighted by atomic mass is 10.3. The Morgan fingerprint density at radius 2 is 1.50 bits per heavy atom. The van der Waals surface area contributed by atoms with E-state index in [1.807, 2.05) is 18.2 Å². The van der Waals surface area contributed by atoms with Gasteiger partial charge in [0.15, 0.2) is 0 Å². The first-order valence-electron chi connectivity index (χ1n) is 6.48. The van der Waals surface area contributed by atoms with Gasteiger partial charge in [-0.05, 0) is 12.1 Å². The Morgan fingerprint density at radius 1 is 0.900 bits per heavy atom. The van der Waals surface area contributed by atoms with Crippen LogP contribution in [0.15, 0.2) is 24.3 Å². The Morgan fingerprint density at radius 3 is 2.15 bits per heavy atom. The lowest BCUT2D eigenvalue weighted by molar-refractivity contribution is 0.0142. The molecule has 0 bridgehead atoms. The van der Waals surface area contributed by atoms with E-state index in [9.17, 15) is 0 Å². The van der Waals surface area contributed by atoms with Crippen molar-refractivity contribution in [3.63, 3.8) is 0 Å². The summed E-state index contributed by atoms with van der Waals surface area (Å²) in [4.78, 5) is 0. The van der Waals surface area contributed by atoms with Crippen LogP contribution in [0.25, 0.3) is 0 Å². The average Bonchev–Trinajstić information content (AvgIpc) is 2.46. The molecule has 0 saturated heterocycles. The third kappa shape index (κ3) is 7.64. The number of hydrogen-bond acceptors (Lipinski definition) is 5. The van der Waals surface area contributed by atoms with Crippen LogP contribution in [0.4, 0.5) is 5.69 Å². The Bertz CT molecular complexity index is 403. The van der Waals surface area contributed by atoms with Gasteiger partial charge in [0.05, 0.1) is 38.7 Å². The molecule has 0 fully saturated rings. The molecule has 5 nitrogen and oxygen atoms in total. The number of nitrogen functional groups attached to an aromatic ring is 1. The first-order valence-corrected chi connectivity index (χ1v) is 6.48. The van der Waals surface area contributed by atoms with E-state index in [1.165, 1.54) is 0 Å². The molecule has 0 spiro atoms. The van der Waals surface area contributed by atoms with Crippen LogP contribution in [0.3, 0.4) is 0 Å². The minimum atomic E-state index is 0.319. The summed E-state index contributed by atoms with van der Waals surface area (Å²) in [7, 11) is 0. The highest BCUT2D eigenvalue weighted by atomic mass is 16.6. The number of rotatable bonds is 11. The molecule has 2 N–H and O–H groups in total. The fourth-order valence-electron chi connectivity index (χ4n) is 1.39. The molecular weight excluding hydrogens is 258 g/mol. The molecule has 110 valence electrons. The number of nitrogens with two attached hydrogens (primary N) is 1. The molecule has 0 heterocycles. The monoisotopic (exact) mass is 279 g/mol. The van der Waals surface area contributed by atoms with Crippen molar-refractivity contribution in [2.45, 2.75) is 0 Å². The zero-order chi connectivity index (χ0) is 14.5. The van der Waals surface area contributed by atoms with E-state index in [0.29, 0.717) is 57.7 Å². The van der Waals surface area contributed by atoms with Crippen LogP contribution in [0.1, 0.15) is 0 Å². The molecule has 0 atom stereocenters. The summed E-state index contributed by atoms with van der Waals surface area (Å²) >= 11 is 0. The molecule has 0 aliphatic carbocycles. The summed E-state index contributed by atoms with van der Waals surface area (Å²) in [5, 5.41) is 0. The molecule has 20 heavy (non-hydrogen) atoms. The van der Waals surface area contributed by atoms with Crippen LogP contribution in [0.5, 0.6) is 5.75 Å². The first kappa shape index (κ1) is 16.3. The zero-order valence-electron chi connectivity index (χ0n) is 11.5. The van der Waals surface area contributed by atoms with Gasteiger partial charge in [0.25, 0.3) is 0 Å². The Balaban J connectivity index is 1.88. The topological polar surface area (TPSA) is 62.9 Å². The second-order valence-corrected chi connectivity index (χ2v) is 3.87. The summed E-state index contributed by atoms with van der Waals surface area (Å²) in [5.74, 6) is 3.06.